The van der Waals surface area contributed by atoms with Gasteiger partial charge in [0.15, 0.2) is 5.69 Å². The van der Waals surface area contributed by atoms with E-state index in [9.17, 15) is 4.79 Å². The number of hydrogen-bond donors (Lipinski definition) is 2. The van der Waals surface area contributed by atoms with Crippen molar-refractivity contribution in [3.8, 4) is 0 Å². The number of hydrogen-bond acceptors (Lipinski definition) is 2. The van der Waals surface area contributed by atoms with Crippen LogP contribution in [0.1, 0.15) is 10.5 Å². The second-order valence-corrected chi connectivity index (χ2v) is 1.26. The van der Waals surface area contributed by atoms with Gasteiger partial charge in [-0.2, -0.15) is 5.10 Å². The first-order chi connectivity index (χ1) is 3.80. The number of aromatic nitrogens is 2. The molecule has 44 valence electrons. The molecule has 0 saturated carbocycles. The molecule has 0 amide bonds. The van der Waals surface area contributed by atoms with Gasteiger partial charge in [0.2, 0.25) is 0 Å². The van der Waals surface area contributed by atoms with Crippen LogP contribution in [0.2, 0.25) is 0 Å². The van der Waals surface area contributed by atoms with Crippen molar-refractivity contribution in [3.05, 3.63) is 18.0 Å². The van der Waals surface area contributed by atoms with Gasteiger partial charge >= 0.3 is 24.8 Å². The Morgan fingerprint density at radius 3 is 2.67 bits per heavy atom. The predicted octanol–water partition coefficient (Wildman–Crippen LogP) is -0.541. The van der Waals surface area contributed by atoms with Crippen molar-refractivity contribution in [1.29, 1.82) is 0 Å². The van der Waals surface area contributed by atoms with Crippen molar-refractivity contribution in [3.63, 3.8) is 0 Å². The van der Waals surface area contributed by atoms with Crippen LogP contribution in [0.4, 0.5) is 0 Å². The van der Waals surface area contributed by atoms with Gasteiger partial charge in [-0.15, -0.1) is 0 Å². The molecule has 0 saturated heterocycles. The second kappa shape index (κ2) is 3.33. The standard InChI is InChI=1S/C4H4N2O2.Li.H/c7-4(8)3-1-2-5-6-3;;/h1-2H,(H,5,6)(H,7,8);;. The summed E-state index contributed by atoms with van der Waals surface area (Å²) in [7, 11) is 0. The minimum absolute atomic E-state index is 0. The van der Waals surface area contributed by atoms with Crippen molar-refractivity contribution in [2.45, 2.75) is 0 Å². The molecule has 1 heterocycles. The summed E-state index contributed by atoms with van der Waals surface area (Å²) >= 11 is 0. The summed E-state index contributed by atoms with van der Waals surface area (Å²) in [6, 6.07) is 1.39. The number of carbonyl (C=O) groups is 1. The van der Waals surface area contributed by atoms with Gasteiger partial charge in [-0.05, 0) is 6.07 Å². The SMILES string of the molecule is O=C(O)c1cc[nH]n1.[LiH]. The summed E-state index contributed by atoms with van der Waals surface area (Å²) in [5.41, 5.74) is 0.0463. The zero-order valence-electron chi connectivity index (χ0n) is 3.96. The number of nitrogens with one attached hydrogen (secondary N) is 1. The number of H-pyrrole nitrogens is 1. The molecule has 4 nitrogen and oxygen atoms in total. The van der Waals surface area contributed by atoms with Crippen LogP contribution >= 0.6 is 0 Å². The molecule has 0 radical (unpaired) electrons. The van der Waals surface area contributed by atoms with Crippen molar-refractivity contribution in [2.24, 2.45) is 0 Å². The fraction of sp³-hybridized carbons (Fsp3) is 0. The summed E-state index contributed by atoms with van der Waals surface area (Å²) < 4.78 is 0. The fourth-order valence-corrected chi connectivity index (χ4v) is 0.379. The van der Waals surface area contributed by atoms with Crippen molar-refractivity contribution in [2.75, 3.05) is 0 Å². The Hall–Kier alpha value is -0.723. The van der Waals surface area contributed by atoms with E-state index in [-0.39, 0.29) is 24.6 Å². The molecule has 5 heteroatoms. The molecule has 1 rings (SSSR count). The zero-order chi connectivity index (χ0) is 5.98. The van der Waals surface area contributed by atoms with E-state index in [1.165, 1.54) is 12.3 Å². The number of carboxylic acid groups (broad SMARTS) is 1. The van der Waals surface area contributed by atoms with E-state index in [1.807, 2.05) is 0 Å². The van der Waals surface area contributed by atoms with Crippen LogP contribution in [0.5, 0.6) is 0 Å². The van der Waals surface area contributed by atoms with Crippen molar-refractivity contribution < 1.29 is 9.90 Å². The molecular formula is C4H5LiN2O2. The van der Waals surface area contributed by atoms with E-state index in [2.05, 4.69) is 10.2 Å². The predicted molar refractivity (Wildman–Crippen MR) is 32.7 cm³/mol. The van der Waals surface area contributed by atoms with E-state index in [1.54, 1.807) is 0 Å². The molecule has 1 aromatic heterocycles. The van der Waals surface area contributed by atoms with Crippen LogP contribution in [0, 0.1) is 0 Å². The maximum absolute atomic E-state index is 9.98. The molecule has 0 fully saturated rings. The van der Waals surface area contributed by atoms with E-state index in [4.69, 9.17) is 5.11 Å². The first kappa shape index (κ1) is 8.28. The van der Waals surface area contributed by atoms with Crippen LogP contribution < -0.4 is 0 Å². The normalized spacial score (nSPS) is 8.00. The van der Waals surface area contributed by atoms with Crippen LogP contribution in [-0.4, -0.2) is 40.1 Å². The first-order valence-electron chi connectivity index (χ1n) is 2.04. The van der Waals surface area contributed by atoms with Gasteiger partial charge in [0.05, 0.1) is 0 Å². The molecule has 9 heavy (non-hydrogen) atoms. The Morgan fingerprint density at radius 2 is 2.44 bits per heavy atom. The summed E-state index contributed by atoms with van der Waals surface area (Å²) in [4.78, 5) is 9.98. The topological polar surface area (TPSA) is 66.0 Å². The fourth-order valence-electron chi connectivity index (χ4n) is 0.379. The minimum atomic E-state index is -1.01. The second-order valence-electron chi connectivity index (χ2n) is 1.26. The monoisotopic (exact) mass is 120 g/mol. The Bertz CT molecular complexity index is 184. The van der Waals surface area contributed by atoms with Crippen LogP contribution in [0.3, 0.4) is 0 Å². The summed E-state index contributed by atoms with van der Waals surface area (Å²) in [5.74, 6) is -1.01. The molecule has 1 aromatic rings. The molecule has 0 aromatic carbocycles. The summed E-state index contributed by atoms with van der Waals surface area (Å²) in [6.07, 6.45) is 1.46. The van der Waals surface area contributed by atoms with Gasteiger partial charge in [-0.25, -0.2) is 4.79 Å². The molecular weight excluding hydrogens is 115 g/mol. The molecule has 0 aliphatic rings. The van der Waals surface area contributed by atoms with E-state index < -0.39 is 5.97 Å². The number of nitrogens with zero attached hydrogens (tertiary/aromatic N) is 1. The van der Waals surface area contributed by atoms with E-state index in [0.717, 1.165) is 0 Å². The summed E-state index contributed by atoms with van der Waals surface area (Å²) in [6.45, 7) is 0. The van der Waals surface area contributed by atoms with Crippen molar-refractivity contribution >= 4 is 24.8 Å². The quantitative estimate of drug-likeness (QED) is 0.489. The van der Waals surface area contributed by atoms with Crippen LogP contribution in [0.15, 0.2) is 12.3 Å². The van der Waals surface area contributed by atoms with Crippen LogP contribution in [-0.2, 0) is 0 Å². The average Bonchev–Trinajstić information content (AvgIpc) is 2.12. The van der Waals surface area contributed by atoms with Crippen LogP contribution in [0.25, 0.3) is 0 Å². The third-order valence-corrected chi connectivity index (χ3v) is 0.720. The number of carboxylic acids is 1. The van der Waals surface area contributed by atoms with Gasteiger partial charge in [0.1, 0.15) is 0 Å². The van der Waals surface area contributed by atoms with Gasteiger partial charge < -0.3 is 5.11 Å². The molecule has 0 atom stereocenters. The summed E-state index contributed by atoms with van der Waals surface area (Å²) in [5, 5.41) is 14.0. The number of aromatic amines is 1. The molecule has 0 unspecified atom stereocenters. The zero-order valence-corrected chi connectivity index (χ0v) is 3.96. The molecule has 2 N–H and O–H groups in total. The first-order valence-corrected chi connectivity index (χ1v) is 2.04. The third kappa shape index (κ3) is 1.92. The third-order valence-electron chi connectivity index (χ3n) is 0.720. The Balaban J connectivity index is 0.000000640. The van der Waals surface area contributed by atoms with Gasteiger partial charge in [0, 0.05) is 6.20 Å². The number of rotatable bonds is 1. The molecule has 0 bridgehead atoms. The molecule has 0 spiro atoms. The Morgan fingerprint density at radius 1 is 1.78 bits per heavy atom. The number of aromatic carboxylic acids is 1. The molecule has 0 aliphatic carbocycles. The Labute approximate surface area is 63.4 Å². The van der Waals surface area contributed by atoms with E-state index in [0.29, 0.717) is 0 Å². The maximum atomic E-state index is 9.98. The van der Waals surface area contributed by atoms with Gasteiger partial charge in [0.25, 0.3) is 0 Å². The average molecular weight is 120 g/mol. The Kier molecular flexibility index (Phi) is 3.06. The molecule has 0 aliphatic heterocycles. The van der Waals surface area contributed by atoms with Gasteiger partial charge in [-0.3, -0.25) is 5.10 Å². The van der Waals surface area contributed by atoms with Crippen molar-refractivity contribution in [1.82, 2.24) is 10.2 Å². The van der Waals surface area contributed by atoms with E-state index >= 15 is 0 Å². The van der Waals surface area contributed by atoms with Gasteiger partial charge in [-0.1, -0.05) is 0 Å².